The molecule has 0 saturated carbocycles. The minimum Gasteiger partial charge on any atom is -0.395 e. The zero-order valence-electron chi connectivity index (χ0n) is 6.01. The summed E-state index contributed by atoms with van der Waals surface area (Å²) in [5.41, 5.74) is 0. The van der Waals surface area contributed by atoms with Crippen LogP contribution in [0.2, 0.25) is 0 Å². The van der Waals surface area contributed by atoms with Crippen LogP contribution in [0.3, 0.4) is 0 Å². The summed E-state index contributed by atoms with van der Waals surface area (Å²) in [6.45, 7) is -0.296. The molecule has 4 atom stereocenters. The summed E-state index contributed by atoms with van der Waals surface area (Å²) >= 11 is 0. The molecule has 5 heteroatoms. The topological polar surface area (TPSA) is 93.0 Å². The van der Waals surface area contributed by atoms with E-state index >= 15 is 0 Å². The van der Waals surface area contributed by atoms with Gasteiger partial charge in [-0.1, -0.05) is 0 Å². The SMILES string of the molecule is OC[C@H]1NC(O)C[C@@H](O)[C@@H]1O. The van der Waals surface area contributed by atoms with Crippen molar-refractivity contribution < 1.29 is 20.4 Å². The van der Waals surface area contributed by atoms with Gasteiger partial charge in [0, 0.05) is 6.42 Å². The van der Waals surface area contributed by atoms with Crippen molar-refractivity contribution in [3.8, 4) is 0 Å². The van der Waals surface area contributed by atoms with Gasteiger partial charge < -0.3 is 20.4 Å². The Kier molecular flexibility index (Phi) is 2.80. The first-order valence-corrected chi connectivity index (χ1v) is 3.56. The Morgan fingerprint density at radius 2 is 1.91 bits per heavy atom. The first-order chi connectivity index (χ1) is 5.15. The molecule has 1 rings (SSSR count). The molecule has 0 amide bonds. The van der Waals surface area contributed by atoms with Crippen molar-refractivity contribution in [1.29, 1.82) is 0 Å². The minimum atomic E-state index is -0.997. The Morgan fingerprint density at radius 3 is 2.45 bits per heavy atom. The molecule has 0 aromatic carbocycles. The number of nitrogens with one attached hydrogen (secondary N) is 1. The van der Waals surface area contributed by atoms with Gasteiger partial charge in [0.1, 0.15) is 6.23 Å². The maximum Gasteiger partial charge on any atom is 0.107 e. The summed E-state index contributed by atoms with van der Waals surface area (Å²) in [5, 5.41) is 38.5. The van der Waals surface area contributed by atoms with Crippen molar-refractivity contribution in [3.05, 3.63) is 0 Å². The summed E-state index contributed by atoms with van der Waals surface area (Å²) in [5.74, 6) is 0. The highest BCUT2D eigenvalue weighted by molar-refractivity contribution is 4.87. The molecule has 1 saturated heterocycles. The molecular formula is C6H13NO4. The highest BCUT2D eigenvalue weighted by Crippen LogP contribution is 2.12. The van der Waals surface area contributed by atoms with Gasteiger partial charge in [-0.15, -0.1) is 0 Å². The molecular weight excluding hydrogens is 150 g/mol. The molecule has 11 heavy (non-hydrogen) atoms. The number of piperidine rings is 1. The maximum absolute atomic E-state index is 9.17. The number of hydrogen-bond acceptors (Lipinski definition) is 5. The van der Waals surface area contributed by atoms with E-state index in [2.05, 4.69) is 5.32 Å². The molecule has 1 fully saturated rings. The summed E-state index contributed by atoms with van der Waals surface area (Å²) in [7, 11) is 0. The van der Waals surface area contributed by atoms with Crippen LogP contribution in [0.4, 0.5) is 0 Å². The van der Waals surface area contributed by atoms with Crippen molar-refractivity contribution in [2.45, 2.75) is 30.9 Å². The molecule has 66 valence electrons. The molecule has 0 spiro atoms. The monoisotopic (exact) mass is 163 g/mol. The average Bonchev–Trinajstić information content (AvgIpc) is 1.96. The maximum atomic E-state index is 9.17. The van der Waals surface area contributed by atoms with Crippen LogP contribution in [-0.2, 0) is 0 Å². The van der Waals surface area contributed by atoms with Crippen molar-refractivity contribution in [2.24, 2.45) is 0 Å². The van der Waals surface area contributed by atoms with Gasteiger partial charge in [0.15, 0.2) is 0 Å². The van der Waals surface area contributed by atoms with Gasteiger partial charge in [-0.2, -0.15) is 0 Å². The first kappa shape index (κ1) is 8.89. The Bertz CT molecular complexity index is 132. The Balaban J connectivity index is 2.51. The summed E-state index contributed by atoms with van der Waals surface area (Å²) < 4.78 is 0. The number of aliphatic hydroxyl groups excluding tert-OH is 4. The molecule has 0 aromatic rings. The third kappa shape index (κ3) is 1.88. The molecule has 0 bridgehead atoms. The smallest absolute Gasteiger partial charge is 0.107 e. The van der Waals surface area contributed by atoms with Crippen LogP contribution < -0.4 is 5.32 Å². The van der Waals surface area contributed by atoms with Gasteiger partial charge in [0.05, 0.1) is 24.9 Å². The van der Waals surface area contributed by atoms with E-state index in [4.69, 9.17) is 15.3 Å². The number of rotatable bonds is 1. The molecule has 1 aliphatic rings. The predicted octanol–water partition coefficient (Wildman–Crippen LogP) is -2.62. The van der Waals surface area contributed by atoms with E-state index in [1.54, 1.807) is 0 Å². The highest BCUT2D eigenvalue weighted by atomic mass is 16.3. The summed E-state index contributed by atoms with van der Waals surface area (Å²) in [6, 6.07) is -0.631. The summed E-state index contributed by atoms with van der Waals surface area (Å²) in [4.78, 5) is 0. The molecule has 5 nitrogen and oxygen atoms in total. The van der Waals surface area contributed by atoms with Gasteiger partial charge in [-0.3, -0.25) is 5.32 Å². The van der Waals surface area contributed by atoms with Crippen molar-refractivity contribution in [3.63, 3.8) is 0 Å². The first-order valence-electron chi connectivity index (χ1n) is 3.56. The van der Waals surface area contributed by atoms with E-state index in [1.807, 2.05) is 0 Å². The lowest BCUT2D eigenvalue weighted by Gasteiger charge is -2.34. The van der Waals surface area contributed by atoms with E-state index in [1.165, 1.54) is 0 Å². The summed E-state index contributed by atoms with van der Waals surface area (Å²) in [6.07, 6.45) is -2.70. The standard InChI is InChI=1S/C6H13NO4/c8-2-3-6(11)4(9)1-5(10)7-3/h3-11H,1-2H2/t3-,4-,5?,6-/m1/s1. The largest absolute Gasteiger partial charge is 0.395 e. The van der Waals surface area contributed by atoms with E-state index in [0.717, 1.165) is 0 Å². The fourth-order valence-corrected chi connectivity index (χ4v) is 1.21. The predicted molar refractivity (Wildman–Crippen MR) is 36.6 cm³/mol. The minimum absolute atomic E-state index is 0.0949. The van der Waals surface area contributed by atoms with Crippen LogP contribution >= 0.6 is 0 Å². The molecule has 1 heterocycles. The van der Waals surface area contributed by atoms with Crippen LogP contribution in [0, 0.1) is 0 Å². The molecule has 0 radical (unpaired) electrons. The molecule has 1 unspecified atom stereocenters. The van der Waals surface area contributed by atoms with Gasteiger partial charge >= 0.3 is 0 Å². The highest BCUT2D eigenvalue weighted by Gasteiger charge is 2.33. The quantitative estimate of drug-likeness (QED) is 0.292. The molecule has 5 N–H and O–H groups in total. The molecule has 1 aliphatic heterocycles. The zero-order valence-corrected chi connectivity index (χ0v) is 6.01. The average molecular weight is 163 g/mol. The van der Waals surface area contributed by atoms with Gasteiger partial charge in [0.2, 0.25) is 0 Å². The number of aliphatic hydroxyl groups is 4. The fraction of sp³-hybridized carbons (Fsp3) is 1.00. The van der Waals surface area contributed by atoms with Crippen LogP contribution in [0.5, 0.6) is 0 Å². The zero-order chi connectivity index (χ0) is 8.43. The third-order valence-electron chi connectivity index (χ3n) is 1.87. The Hall–Kier alpha value is -0.200. The van der Waals surface area contributed by atoms with Crippen LogP contribution in [0.25, 0.3) is 0 Å². The molecule has 0 aliphatic carbocycles. The molecule has 0 aromatic heterocycles. The Morgan fingerprint density at radius 1 is 1.27 bits per heavy atom. The van der Waals surface area contributed by atoms with Crippen LogP contribution in [0.1, 0.15) is 6.42 Å². The fourth-order valence-electron chi connectivity index (χ4n) is 1.21. The lowest BCUT2D eigenvalue weighted by atomic mass is 9.98. The van der Waals surface area contributed by atoms with Gasteiger partial charge in [0.25, 0.3) is 0 Å². The van der Waals surface area contributed by atoms with Gasteiger partial charge in [-0.05, 0) is 0 Å². The van der Waals surface area contributed by atoms with Gasteiger partial charge in [-0.25, -0.2) is 0 Å². The van der Waals surface area contributed by atoms with Crippen LogP contribution in [-0.4, -0.2) is 51.5 Å². The second kappa shape index (κ2) is 3.46. The van der Waals surface area contributed by atoms with Crippen LogP contribution in [0.15, 0.2) is 0 Å². The normalized spacial score (nSPS) is 45.8. The third-order valence-corrected chi connectivity index (χ3v) is 1.87. The van der Waals surface area contributed by atoms with Crippen molar-refractivity contribution >= 4 is 0 Å². The lowest BCUT2D eigenvalue weighted by Crippen LogP contribution is -2.58. The van der Waals surface area contributed by atoms with E-state index < -0.39 is 24.5 Å². The van der Waals surface area contributed by atoms with E-state index in [-0.39, 0.29) is 13.0 Å². The van der Waals surface area contributed by atoms with E-state index in [0.29, 0.717) is 0 Å². The van der Waals surface area contributed by atoms with Crippen molar-refractivity contribution in [2.75, 3.05) is 6.61 Å². The second-order valence-electron chi connectivity index (χ2n) is 2.77. The second-order valence-corrected chi connectivity index (χ2v) is 2.77. The number of hydrogen-bond donors (Lipinski definition) is 5. The van der Waals surface area contributed by atoms with Crippen molar-refractivity contribution in [1.82, 2.24) is 5.32 Å². The van der Waals surface area contributed by atoms with E-state index in [9.17, 15) is 5.11 Å². The lowest BCUT2D eigenvalue weighted by molar-refractivity contribution is -0.0875. The Labute approximate surface area is 64.3 Å².